The summed E-state index contributed by atoms with van der Waals surface area (Å²) >= 11 is 0. The normalized spacial score (nSPS) is 17.4. The molecule has 2 rings (SSSR count). The second kappa shape index (κ2) is 7.98. The zero-order valence-corrected chi connectivity index (χ0v) is 15.0. The molecule has 1 atom stereocenters. The van der Waals surface area contributed by atoms with Gasteiger partial charge in [-0.25, -0.2) is 17.9 Å². The molecule has 1 saturated carbocycles. The second-order valence-electron chi connectivity index (χ2n) is 6.42. The predicted molar refractivity (Wildman–Crippen MR) is 94.0 cm³/mol. The van der Waals surface area contributed by atoms with Crippen LogP contribution in [0.2, 0.25) is 0 Å². The number of carbonyl (C=O) groups is 1. The Labute approximate surface area is 143 Å². The maximum Gasteiger partial charge on any atom is 0.337 e. The number of benzene rings is 1. The molecule has 0 radical (unpaired) electrons. The lowest BCUT2D eigenvalue weighted by Gasteiger charge is -2.23. The fourth-order valence-electron chi connectivity index (χ4n) is 2.87. The van der Waals surface area contributed by atoms with E-state index in [1.807, 2.05) is 13.8 Å². The topological polar surface area (TPSA) is 95.5 Å². The summed E-state index contributed by atoms with van der Waals surface area (Å²) in [6.07, 6.45) is 5.67. The summed E-state index contributed by atoms with van der Waals surface area (Å²) in [5.41, 5.74) is 0.412. The van der Waals surface area contributed by atoms with E-state index in [9.17, 15) is 18.3 Å². The SMILES string of the molecule is CCC(C)Nc1ccc(S(=O)(=O)NC2CCCCC2)cc1C(=O)O. The van der Waals surface area contributed by atoms with E-state index in [0.717, 1.165) is 38.5 Å². The van der Waals surface area contributed by atoms with Crippen molar-refractivity contribution in [1.82, 2.24) is 4.72 Å². The van der Waals surface area contributed by atoms with Gasteiger partial charge in [0.15, 0.2) is 0 Å². The third-order valence-corrected chi connectivity index (χ3v) is 5.99. The second-order valence-corrected chi connectivity index (χ2v) is 8.14. The highest BCUT2D eigenvalue weighted by molar-refractivity contribution is 7.89. The molecule has 0 amide bonds. The first-order valence-corrected chi connectivity index (χ1v) is 9.98. The van der Waals surface area contributed by atoms with Crippen molar-refractivity contribution in [2.24, 2.45) is 0 Å². The van der Waals surface area contributed by atoms with Crippen LogP contribution in [-0.2, 0) is 10.0 Å². The summed E-state index contributed by atoms with van der Waals surface area (Å²) in [6, 6.07) is 4.27. The zero-order valence-electron chi connectivity index (χ0n) is 14.2. The highest BCUT2D eigenvalue weighted by Crippen LogP contribution is 2.24. The summed E-state index contributed by atoms with van der Waals surface area (Å²) < 4.78 is 27.8. The highest BCUT2D eigenvalue weighted by atomic mass is 32.2. The van der Waals surface area contributed by atoms with Crippen molar-refractivity contribution in [1.29, 1.82) is 0 Å². The van der Waals surface area contributed by atoms with E-state index in [0.29, 0.717) is 5.69 Å². The Balaban J connectivity index is 2.26. The van der Waals surface area contributed by atoms with Crippen molar-refractivity contribution < 1.29 is 18.3 Å². The molecule has 0 bridgehead atoms. The largest absolute Gasteiger partial charge is 0.478 e. The van der Waals surface area contributed by atoms with Crippen molar-refractivity contribution in [2.45, 2.75) is 69.4 Å². The fraction of sp³-hybridized carbons (Fsp3) is 0.588. The summed E-state index contributed by atoms with van der Waals surface area (Å²) in [7, 11) is -3.71. The molecule has 0 aliphatic heterocycles. The average molecular weight is 354 g/mol. The minimum Gasteiger partial charge on any atom is -0.478 e. The molecule has 6 nitrogen and oxygen atoms in total. The van der Waals surface area contributed by atoms with Gasteiger partial charge in [0.25, 0.3) is 0 Å². The van der Waals surface area contributed by atoms with Crippen LogP contribution >= 0.6 is 0 Å². The lowest BCUT2D eigenvalue weighted by Crippen LogP contribution is -2.36. The quantitative estimate of drug-likeness (QED) is 0.699. The van der Waals surface area contributed by atoms with E-state index < -0.39 is 16.0 Å². The van der Waals surface area contributed by atoms with E-state index in [1.54, 1.807) is 0 Å². The Morgan fingerprint density at radius 3 is 2.54 bits per heavy atom. The van der Waals surface area contributed by atoms with Gasteiger partial charge in [0.05, 0.1) is 10.5 Å². The van der Waals surface area contributed by atoms with Crippen molar-refractivity contribution in [3.05, 3.63) is 23.8 Å². The number of aromatic carboxylic acids is 1. The van der Waals surface area contributed by atoms with Crippen LogP contribution in [0.1, 0.15) is 62.7 Å². The van der Waals surface area contributed by atoms with E-state index in [-0.39, 0.29) is 22.5 Å². The van der Waals surface area contributed by atoms with Crippen LogP contribution in [0.4, 0.5) is 5.69 Å². The third kappa shape index (κ3) is 4.70. The zero-order chi connectivity index (χ0) is 17.7. The smallest absolute Gasteiger partial charge is 0.337 e. The van der Waals surface area contributed by atoms with E-state index >= 15 is 0 Å². The van der Waals surface area contributed by atoms with Gasteiger partial charge in [-0.2, -0.15) is 0 Å². The van der Waals surface area contributed by atoms with Crippen LogP contribution in [0.3, 0.4) is 0 Å². The maximum atomic E-state index is 12.5. The molecule has 24 heavy (non-hydrogen) atoms. The van der Waals surface area contributed by atoms with Crippen LogP contribution in [0.25, 0.3) is 0 Å². The molecule has 0 aromatic heterocycles. The van der Waals surface area contributed by atoms with E-state index in [2.05, 4.69) is 10.0 Å². The minimum atomic E-state index is -3.71. The van der Waals surface area contributed by atoms with Gasteiger partial charge >= 0.3 is 5.97 Å². The van der Waals surface area contributed by atoms with Gasteiger partial charge in [-0.05, 0) is 44.4 Å². The highest BCUT2D eigenvalue weighted by Gasteiger charge is 2.24. The first-order chi connectivity index (χ1) is 11.3. The molecule has 0 heterocycles. The lowest BCUT2D eigenvalue weighted by molar-refractivity contribution is 0.0697. The van der Waals surface area contributed by atoms with Crippen molar-refractivity contribution in [3.8, 4) is 0 Å². The summed E-state index contributed by atoms with van der Waals surface area (Å²) in [5.74, 6) is -1.14. The van der Waals surface area contributed by atoms with Crippen LogP contribution in [0.15, 0.2) is 23.1 Å². The van der Waals surface area contributed by atoms with Gasteiger partial charge in [-0.15, -0.1) is 0 Å². The Bertz CT molecular complexity index is 682. The van der Waals surface area contributed by atoms with Crippen molar-refractivity contribution in [3.63, 3.8) is 0 Å². The monoisotopic (exact) mass is 354 g/mol. The Kier molecular flexibility index (Phi) is 6.23. The summed E-state index contributed by atoms with van der Waals surface area (Å²) in [4.78, 5) is 11.5. The number of hydrogen-bond donors (Lipinski definition) is 3. The van der Waals surface area contributed by atoms with Crippen LogP contribution in [0.5, 0.6) is 0 Å². The number of anilines is 1. The minimum absolute atomic E-state index is 0.000162. The molecule has 1 fully saturated rings. The fourth-order valence-corrected chi connectivity index (χ4v) is 4.20. The Morgan fingerprint density at radius 2 is 1.96 bits per heavy atom. The van der Waals surface area contributed by atoms with Crippen molar-refractivity contribution in [2.75, 3.05) is 5.32 Å². The molecule has 1 aliphatic rings. The molecule has 3 N–H and O–H groups in total. The lowest BCUT2D eigenvalue weighted by atomic mass is 9.96. The van der Waals surface area contributed by atoms with Gasteiger partial charge < -0.3 is 10.4 Å². The summed E-state index contributed by atoms with van der Waals surface area (Å²) in [5, 5.41) is 12.5. The predicted octanol–water partition coefficient (Wildman–Crippen LogP) is 3.21. The first-order valence-electron chi connectivity index (χ1n) is 8.49. The first kappa shape index (κ1) is 18.7. The third-order valence-electron chi connectivity index (χ3n) is 4.47. The van der Waals surface area contributed by atoms with Gasteiger partial charge in [0.2, 0.25) is 10.0 Å². The average Bonchev–Trinajstić information content (AvgIpc) is 2.55. The van der Waals surface area contributed by atoms with E-state index in [4.69, 9.17) is 0 Å². The molecule has 7 heteroatoms. The number of hydrogen-bond acceptors (Lipinski definition) is 4. The molecule has 134 valence electrons. The van der Waals surface area contributed by atoms with Gasteiger partial charge in [-0.1, -0.05) is 26.2 Å². The Morgan fingerprint density at radius 1 is 1.29 bits per heavy atom. The standard InChI is InChI=1S/C17H26N2O4S/c1-3-12(2)18-16-10-9-14(11-15(16)17(20)21)24(22,23)19-13-7-5-4-6-8-13/h9-13,18-19H,3-8H2,1-2H3,(H,20,21). The maximum absolute atomic E-state index is 12.5. The van der Waals surface area contributed by atoms with Crippen LogP contribution < -0.4 is 10.0 Å². The molecule has 0 spiro atoms. The van der Waals surface area contributed by atoms with Gasteiger partial charge in [0, 0.05) is 17.8 Å². The molecule has 1 unspecified atom stereocenters. The van der Waals surface area contributed by atoms with Gasteiger partial charge in [0.1, 0.15) is 0 Å². The Hall–Kier alpha value is -1.60. The summed E-state index contributed by atoms with van der Waals surface area (Å²) in [6.45, 7) is 3.94. The number of rotatable bonds is 7. The molecule has 1 aliphatic carbocycles. The van der Waals surface area contributed by atoms with Gasteiger partial charge in [-0.3, -0.25) is 0 Å². The number of sulfonamides is 1. The number of carboxylic acids is 1. The van der Waals surface area contributed by atoms with E-state index in [1.165, 1.54) is 18.2 Å². The molecule has 0 saturated heterocycles. The molecule has 1 aromatic carbocycles. The van der Waals surface area contributed by atoms with Crippen LogP contribution in [0, 0.1) is 0 Å². The molecular formula is C17H26N2O4S. The van der Waals surface area contributed by atoms with Crippen molar-refractivity contribution >= 4 is 21.7 Å². The molecule has 1 aromatic rings. The number of nitrogens with one attached hydrogen (secondary N) is 2. The number of carboxylic acid groups (broad SMARTS) is 1. The van der Waals surface area contributed by atoms with Crippen LogP contribution in [-0.4, -0.2) is 31.6 Å². The molecular weight excluding hydrogens is 328 g/mol.